The lowest BCUT2D eigenvalue weighted by atomic mass is 10.1. The van der Waals surface area contributed by atoms with E-state index in [0.29, 0.717) is 0 Å². The molecule has 3 unspecified atom stereocenters. The molecule has 24 heavy (non-hydrogen) atoms. The molecule has 9 N–H and O–H groups in total. The summed E-state index contributed by atoms with van der Waals surface area (Å²) in [6, 6.07) is -4.39. The minimum atomic E-state index is -1.63. The van der Waals surface area contributed by atoms with Crippen LogP contribution in [0.1, 0.15) is 19.3 Å². The van der Waals surface area contributed by atoms with Crippen molar-refractivity contribution in [3.8, 4) is 0 Å². The second kappa shape index (κ2) is 10.1. The van der Waals surface area contributed by atoms with Crippen molar-refractivity contribution in [2.24, 2.45) is 11.5 Å². The lowest BCUT2D eigenvalue weighted by Gasteiger charge is -2.21. The molecule has 0 fully saturated rings. The Balaban J connectivity index is 5.05. The molecule has 0 aromatic carbocycles. The van der Waals surface area contributed by atoms with Crippen LogP contribution in [0.5, 0.6) is 0 Å². The van der Waals surface area contributed by atoms with E-state index in [-0.39, 0.29) is 6.42 Å². The minimum Gasteiger partial charge on any atom is -0.481 e. The average molecular weight is 348 g/mol. The number of aliphatic carboxylic acids is 2. The molecular weight excluding hydrogens is 328 g/mol. The van der Waals surface area contributed by atoms with Crippen molar-refractivity contribution in [1.82, 2.24) is 10.6 Å². The van der Waals surface area contributed by atoms with Gasteiger partial charge in [0.15, 0.2) is 0 Å². The molecule has 3 atom stereocenters. The van der Waals surface area contributed by atoms with Gasteiger partial charge in [-0.05, 0) is 6.42 Å². The van der Waals surface area contributed by atoms with E-state index in [9.17, 15) is 24.0 Å². The third kappa shape index (κ3) is 8.05. The maximum atomic E-state index is 12.1. The Morgan fingerprint density at radius 3 is 1.92 bits per heavy atom. The van der Waals surface area contributed by atoms with Crippen molar-refractivity contribution in [1.29, 1.82) is 0 Å². The summed E-state index contributed by atoms with van der Waals surface area (Å²) in [6.07, 6.45) is -1.54. The Labute approximate surface area is 136 Å². The number of nitrogens with one attached hydrogen (secondary N) is 2. The molecule has 12 nitrogen and oxygen atoms in total. The van der Waals surface area contributed by atoms with E-state index < -0.39 is 67.2 Å². The lowest BCUT2D eigenvalue weighted by Crippen LogP contribution is -2.55. The number of aliphatic hydroxyl groups excluding tert-OH is 1. The van der Waals surface area contributed by atoms with E-state index in [2.05, 4.69) is 5.32 Å². The fraction of sp³-hybridized carbons (Fsp3) is 0.583. The molecule has 0 aliphatic rings. The van der Waals surface area contributed by atoms with Gasteiger partial charge < -0.3 is 37.4 Å². The Morgan fingerprint density at radius 2 is 1.50 bits per heavy atom. The number of carboxylic acid groups (broad SMARTS) is 2. The molecule has 0 aliphatic heterocycles. The fourth-order valence-electron chi connectivity index (χ4n) is 1.57. The first kappa shape index (κ1) is 21.3. The van der Waals surface area contributed by atoms with Gasteiger partial charge in [-0.2, -0.15) is 0 Å². The average Bonchev–Trinajstić information content (AvgIpc) is 2.48. The molecular formula is C12H20N4O8. The number of aliphatic hydroxyl groups is 1. The molecule has 0 aromatic rings. The van der Waals surface area contributed by atoms with Crippen LogP contribution in [0.4, 0.5) is 0 Å². The zero-order valence-corrected chi connectivity index (χ0v) is 12.6. The van der Waals surface area contributed by atoms with Gasteiger partial charge in [-0.1, -0.05) is 0 Å². The topological polar surface area (TPSA) is 222 Å². The van der Waals surface area contributed by atoms with Crippen LogP contribution in [0.2, 0.25) is 0 Å². The van der Waals surface area contributed by atoms with Crippen LogP contribution in [-0.2, 0) is 24.0 Å². The summed E-state index contributed by atoms with van der Waals surface area (Å²) in [6.45, 7) is -0.710. The highest BCUT2D eigenvalue weighted by Gasteiger charge is 2.29. The number of rotatable bonds is 11. The van der Waals surface area contributed by atoms with E-state index in [4.69, 9.17) is 26.8 Å². The third-order valence-corrected chi connectivity index (χ3v) is 2.83. The largest absolute Gasteiger partial charge is 0.481 e. The van der Waals surface area contributed by atoms with E-state index in [1.54, 1.807) is 0 Å². The summed E-state index contributed by atoms with van der Waals surface area (Å²) in [5.74, 6) is -5.71. The molecule has 0 bridgehead atoms. The van der Waals surface area contributed by atoms with E-state index in [0.717, 1.165) is 0 Å². The first-order valence-electron chi connectivity index (χ1n) is 6.78. The maximum Gasteiger partial charge on any atom is 0.326 e. The summed E-state index contributed by atoms with van der Waals surface area (Å²) in [4.78, 5) is 56.1. The molecule has 0 aliphatic carbocycles. The van der Waals surface area contributed by atoms with E-state index in [1.807, 2.05) is 5.32 Å². The highest BCUT2D eigenvalue weighted by molar-refractivity contribution is 5.93. The van der Waals surface area contributed by atoms with Gasteiger partial charge in [0.2, 0.25) is 17.7 Å². The first-order chi connectivity index (χ1) is 11.1. The van der Waals surface area contributed by atoms with Gasteiger partial charge in [0.05, 0.1) is 13.0 Å². The summed E-state index contributed by atoms with van der Waals surface area (Å²) in [5.41, 5.74) is 10.1. The van der Waals surface area contributed by atoms with E-state index in [1.165, 1.54) is 0 Å². The van der Waals surface area contributed by atoms with Crippen LogP contribution in [0.3, 0.4) is 0 Å². The Morgan fingerprint density at radius 1 is 0.958 bits per heavy atom. The predicted octanol–water partition coefficient (Wildman–Crippen LogP) is -3.90. The van der Waals surface area contributed by atoms with Crippen molar-refractivity contribution in [3.63, 3.8) is 0 Å². The summed E-state index contributed by atoms with van der Waals surface area (Å²) >= 11 is 0. The fourth-order valence-corrected chi connectivity index (χ4v) is 1.57. The summed E-state index contributed by atoms with van der Waals surface area (Å²) in [5, 5.41) is 30.5. The predicted molar refractivity (Wildman–Crippen MR) is 77.2 cm³/mol. The van der Waals surface area contributed by atoms with Gasteiger partial charge >= 0.3 is 11.9 Å². The molecule has 0 heterocycles. The molecule has 136 valence electrons. The van der Waals surface area contributed by atoms with Crippen molar-refractivity contribution in [2.75, 3.05) is 6.61 Å². The van der Waals surface area contributed by atoms with E-state index >= 15 is 0 Å². The van der Waals surface area contributed by atoms with Gasteiger partial charge in [-0.3, -0.25) is 19.2 Å². The molecule has 0 aromatic heterocycles. The molecule has 0 saturated heterocycles. The van der Waals surface area contributed by atoms with Gasteiger partial charge in [0, 0.05) is 6.42 Å². The Bertz CT molecular complexity index is 509. The van der Waals surface area contributed by atoms with Gasteiger partial charge in [-0.15, -0.1) is 0 Å². The second-order valence-electron chi connectivity index (χ2n) is 4.85. The highest BCUT2D eigenvalue weighted by atomic mass is 16.4. The zero-order chi connectivity index (χ0) is 18.9. The Hall–Kier alpha value is -2.73. The number of hydrogen-bond acceptors (Lipinski definition) is 7. The third-order valence-electron chi connectivity index (χ3n) is 2.83. The highest BCUT2D eigenvalue weighted by Crippen LogP contribution is 2.01. The van der Waals surface area contributed by atoms with Crippen molar-refractivity contribution < 1.29 is 39.3 Å². The molecule has 0 spiro atoms. The van der Waals surface area contributed by atoms with Crippen LogP contribution in [-0.4, -0.2) is 69.7 Å². The first-order valence-corrected chi connectivity index (χ1v) is 6.78. The van der Waals surface area contributed by atoms with Gasteiger partial charge in [-0.25, -0.2) is 4.79 Å². The van der Waals surface area contributed by atoms with Crippen molar-refractivity contribution in [2.45, 2.75) is 37.4 Å². The van der Waals surface area contributed by atoms with Crippen LogP contribution < -0.4 is 22.1 Å². The number of carboxylic acids is 2. The molecule has 0 rings (SSSR count). The maximum absolute atomic E-state index is 12.1. The smallest absolute Gasteiger partial charge is 0.326 e. The normalized spacial score (nSPS) is 14.1. The molecule has 12 heteroatoms. The van der Waals surface area contributed by atoms with Gasteiger partial charge in [0.1, 0.15) is 18.1 Å². The number of amides is 3. The monoisotopic (exact) mass is 348 g/mol. The lowest BCUT2D eigenvalue weighted by molar-refractivity contribution is -0.144. The number of primary amides is 1. The SMILES string of the molecule is NC(=O)CC(NC(=O)C(CCC(=O)O)NC(=O)C(N)CO)C(=O)O. The molecule has 0 saturated carbocycles. The number of carbonyl (C=O) groups excluding carboxylic acids is 3. The van der Waals surface area contributed by atoms with Crippen molar-refractivity contribution in [3.05, 3.63) is 0 Å². The van der Waals surface area contributed by atoms with Crippen LogP contribution in [0.25, 0.3) is 0 Å². The molecule has 0 radical (unpaired) electrons. The quantitative estimate of drug-likeness (QED) is 0.193. The van der Waals surface area contributed by atoms with Gasteiger partial charge in [0.25, 0.3) is 0 Å². The van der Waals surface area contributed by atoms with Crippen LogP contribution in [0.15, 0.2) is 0 Å². The summed E-state index contributed by atoms with van der Waals surface area (Å²) < 4.78 is 0. The van der Waals surface area contributed by atoms with Crippen molar-refractivity contribution >= 4 is 29.7 Å². The number of hydrogen-bond donors (Lipinski definition) is 7. The molecule has 3 amide bonds. The van der Waals surface area contributed by atoms with Crippen LogP contribution >= 0.6 is 0 Å². The van der Waals surface area contributed by atoms with Crippen LogP contribution in [0, 0.1) is 0 Å². The minimum absolute atomic E-state index is 0.353. The number of carbonyl (C=O) groups is 5. The summed E-state index contributed by atoms with van der Waals surface area (Å²) in [7, 11) is 0. The standard InChI is InChI=1S/C12H20N4O8/c13-5(4-17)10(21)15-6(1-2-9(19)20)11(22)16-7(12(23)24)3-8(14)18/h5-7,17H,1-4,13H2,(H2,14,18)(H,15,21)(H,16,22)(H,19,20)(H,23,24). The number of nitrogens with two attached hydrogens (primary N) is 2. The Kier molecular flexibility index (Phi) is 8.97. The second-order valence-corrected chi connectivity index (χ2v) is 4.85. The zero-order valence-electron chi connectivity index (χ0n) is 12.6.